The number of piperidine rings is 1. The molecule has 3 nitrogen and oxygen atoms in total. The van der Waals surface area contributed by atoms with Crippen LogP contribution in [0.5, 0.6) is 0 Å². The van der Waals surface area contributed by atoms with Crippen LogP contribution in [0.3, 0.4) is 0 Å². The maximum atomic E-state index is 12.8. The molecular weight excluding hydrogens is 340 g/mol. The molecule has 1 unspecified atom stereocenters. The van der Waals surface area contributed by atoms with Gasteiger partial charge in [0.1, 0.15) is 0 Å². The third-order valence-corrected chi connectivity index (χ3v) is 5.41. The molecule has 0 aliphatic carbocycles. The minimum absolute atomic E-state index is 0.176. The van der Waals surface area contributed by atoms with Crippen molar-refractivity contribution < 1.29 is 4.79 Å². The Morgan fingerprint density at radius 1 is 0.955 bits per heavy atom. The van der Waals surface area contributed by atoms with Crippen molar-refractivity contribution in [1.82, 2.24) is 4.90 Å². The number of rotatable bonds is 2. The highest BCUT2D eigenvalue weighted by atomic mass is 79.9. The van der Waals surface area contributed by atoms with E-state index in [1.54, 1.807) is 0 Å². The number of carbonyl (C=O) groups excluding carboxylic acids is 1. The number of anilines is 1. The lowest BCUT2D eigenvalue weighted by atomic mass is 9.96. The summed E-state index contributed by atoms with van der Waals surface area (Å²) in [6.45, 7) is 3.86. The van der Waals surface area contributed by atoms with E-state index >= 15 is 0 Å². The first-order valence-corrected chi connectivity index (χ1v) is 9.32. The van der Waals surface area contributed by atoms with Gasteiger partial charge in [0.15, 0.2) is 0 Å². The largest absolute Gasteiger partial charge is 0.371 e. The number of nitrogens with zero attached hydrogens (tertiary/aromatic N) is 2. The average molecular weight is 365 g/mol. The van der Waals surface area contributed by atoms with Crippen molar-refractivity contribution in [3.63, 3.8) is 0 Å². The lowest BCUT2D eigenvalue weighted by Gasteiger charge is -2.36. The van der Waals surface area contributed by atoms with Crippen molar-refractivity contribution in [1.29, 1.82) is 0 Å². The van der Waals surface area contributed by atoms with Gasteiger partial charge in [-0.1, -0.05) is 28.8 Å². The number of hydrogen-bond acceptors (Lipinski definition) is 2. The van der Waals surface area contributed by atoms with Crippen molar-refractivity contribution in [3.8, 4) is 0 Å². The standard InChI is InChI=1S/C18H25BrN2O/c19-16-7-9-17(10-8-16)21-13-5-6-15(14-21)18(22)20-11-3-1-2-4-12-20/h7-10,15H,1-6,11-14H2. The molecule has 2 aliphatic rings. The highest BCUT2D eigenvalue weighted by Crippen LogP contribution is 2.26. The molecule has 1 aromatic rings. The molecule has 2 saturated heterocycles. The summed E-state index contributed by atoms with van der Waals surface area (Å²) in [4.78, 5) is 17.3. The Hall–Kier alpha value is -1.03. The molecule has 1 aromatic carbocycles. The third-order valence-electron chi connectivity index (χ3n) is 4.88. The zero-order valence-corrected chi connectivity index (χ0v) is 14.7. The van der Waals surface area contributed by atoms with Gasteiger partial charge in [0, 0.05) is 36.3 Å². The molecule has 0 spiro atoms. The van der Waals surface area contributed by atoms with Crippen LogP contribution in [0.1, 0.15) is 38.5 Å². The highest BCUT2D eigenvalue weighted by molar-refractivity contribution is 9.10. The molecule has 2 heterocycles. The Morgan fingerprint density at radius 2 is 1.64 bits per heavy atom. The van der Waals surface area contributed by atoms with Crippen LogP contribution in [0.25, 0.3) is 0 Å². The van der Waals surface area contributed by atoms with Crippen LogP contribution >= 0.6 is 15.9 Å². The molecule has 22 heavy (non-hydrogen) atoms. The maximum Gasteiger partial charge on any atom is 0.227 e. The number of carbonyl (C=O) groups is 1. The predicted molar refractivity (Wildman–Crippen MR) is 94.1 cm³/mol. The van der Waals surface area contributed by atoms with Gasteiger partial charge < -0.3 is 9.80 Å². The highest BCUT2D eigenvalue weighted by Gasteiger charge is 2.29. The molecule has 0 radical (unpaired) electrons. The van der Waals surface area contributed by atoms with Crippen molar-refractivity contribution >= 4 is 27.5 Å². The molecule has 3 rings (SSSR count). The van der Waals surface area contributed by atoms with E-state index in [4.69, 9.17) is 0 Å². The van der Waals surface area contributed by atoms with E-state index in [0.29, 0.717) is 5.91 Å². The Bertz CT molecular complexity index is 494. The second-order valence-corrected chi connectivity index (χ2v) is 7.42. The SMILES string of the molecule is O=C(C1CCCN(c2ccc(Br)cc2)C1)N1CCCCCC1. The fourth-order valence-corrected chi connectivity index (χ4v) is 3.88. The quantitative estimate of drug-likeness (QED) is 0.789. The van der Waals surface area contributed by atoms with E-state index < -0.39 is 0 Å². The lowest BCUT2D eigenvalue weighted by molar-refractivity contribution is -0.135. The summed E-state index contributed by atoms with van der Waals surface area (Å²) in [7, 11) is 0. The van der Waals surface area contributed by atoms with Crippen LogP contribution < -0.4 is 4.90 Å². The number of halogens is 1. The molecule has 0 aromatic heterocycles. The van der Waals surface area contributed by atoms with Crippen LogP contribution in [0, 0.1) is 5.92 Å². The number of hydrogen-bond donors (Lipinski definition) is 0. The topological polar surface area (TPSA) is 23.6 Å². The summed E-state index contributed by atoms with van der Waals surface area (Å²) in [5, 5.41) is 0. The van der Waals surface area contributed by atoms with Crippen LogP contribution in [0.4, 0.5) is 5.69 Å². The number of benzene rings is 1. The zero-order valence-electron chi connectivity index (χ0n) is 13.1. The van der Waals surface area contributed by atoms with Gasteiger partial charge in [-0.2, -0.15) is 0 Å². The Labute approximate surface area is 141 Å². The molecular formula is C18H25BrN2O. The summed E-state index contributed by atoms with van der Waals surface area (Å²) >= 11 is 3.48. The van der Waals surface area contributed by atoms with Gasteiger partial charge in [0.05, 0.1) is 5.92 Å². The minimum atomic E-state index is 0.176. The lowest BCUT2D eigenvalue weighted by Crippen LogP contribution is -2.45. The first kappa shape index (κ1) is 15.9. The van der Waals surface area contributed by atoms with Crippen molar-refractivity contribution in [2.45, 2.75) is 38.5 Å². The van der Waals surface area contributed by atoms with Gasteiger partial charge in [-0.25, -0.2) is 0 Å². The van der Waals surface area contributed by atoms with Gasteiger partial charge >= 0.3 is 0 Å². The second-order valence-electron chi connectivity index (χ2n) is 6.50. The average Bonchev–Trinajstić information content (AvgIpc) is 2.84. The van der Waals surface area contributed by atoms with Crippen LogP contribution in [0.15, 0.2) is 28.7 Å². The smallest absolute Gasteiger partial charge is 0.227 e. The van der Waals surface area contributed by atoms with Gasteiger partial charge in [-0.15, -0.1) is 0 Å². The molecule has 120 valence electrons. The minimum Gasteiger partial charge on any atom is -0.371 e. The predicted octanol–water partition coefficient (Wildman–Crippen LogP) is 4.07. The Kier molecular flexibility index (Phi) is 5.40. The summed E-state index contributed by atoms with van der Waals surface area (Å²) in [5.74, 6) is 0.569. The van der Waals surface area contributed by atoms with Crippen LogP contribution in [0.2, 0.25) is 0 Å². The number of likely N-dealkylation sites (tertiary alicyclic amines) is 1. The van der Waals surface area contributed by atoms with E-state index in [0.717, 1.165) is 43.5 Å². The van der Waals surface area contributed by atoms with E-state index in [1.165, 1.54) is 31.4 Å². The third kappa shape index (κ3) is 3.83. The Morgan fingerprint density at radius 3 is 2.32 bits per heavy atom. The van der Waals surface area contributed by atoms with Crippen LogP contribution in [-0.4, -0.2) is 37.0 Å². The summed E-state index contributed by atoms with van der Waals surface area (Å²) in [6, 6.07) is 8.44. The van der Waals surface area contributed by atoms with Crippen molar-refractivity contribution in [2.75, 3.05) is 31.1 Å². The molecule has 1 amide bonds. The van der Waals surface area contributed by atoms with Gasteiger partial charge in [0.2, 0.25) is 5.91 Å². The zero-order chi connectivity index (χ0) is 15.4. The van der Waals surface area contributed by atoms with Crippen molar-refractivity contribution in [3.05, 3.63) is 28.7 Å². The molecule has 0 N–H and O–H groups in total. The fourth-order valence-electron chi connectivity index (χ4n) is 3.61. The molecule has 2 fully saturated rings. The maximum absolute atomic E-state index is 12.8. The normalized spacial score (nSPS) is 23.2. The van der Waals surface area contributed by atoms with Gasteiger partial charge in [-0.3, -0.25) is 4.79 Å². The number of amides is 1. The summed E-state index contributed by atoms with van der Waals surface area (Å²) in [5.41, 5.74) is 1.23. The molecule has 1 atom stereocenters. The van der Waals surface area contributed by atoms with E-state index in [9.17, 15) is 4.79 Å². The fraction of sp³-hybridized carbons (Fsp3) is 0.611. The Balaban J connectivity index is 1.64. The van der Waals surface area contributed by atoms with E-state index in [1.807, 2.05) is 0 Å². The van der Waals surface area contributed by atoms with Gasteiger partial charge in [-0.05, 0) is 49.9 Å². The first-order valence-electron chi connectivity index (χ1n) is 8.53. The molecule has 2 aliphatic heterocycles. The molecule has 4 heteroatoms. The van der Waals surface area contributed by atoms with E-state index in [2.05, 4.69) is 50.0 Å². The monoisotopic (exact) mass is 364 g/mol. The molecule has 0 saturated carbocycles. The summed E-state index contributed by atoms with van der Waals surface area (Å²) in [6.07, 6.45) is 7.06. The molecule has 0 bridgehead atoms. The van der Waals surface area contributed by atoms with Gasteiger partial charge in [0.25, 0.3) is 0 Å². The van der Waals surface area contributed by atoms with Crippen molar-refractivity contribution in [2.24, 2.45) is 5.92 Å². The second kappa shape index (κ2) is 7.49. The van der Waals surface area contributed by atoms with Crippen LogP contribution in [-0.2, 0) is 4.79 Å². The summed E-state index contributed by atoms with van der Waals surface area (Å²) < 4.78 is 1.10. The van der Waals surface area contributed by atoms with E-state index in [-0.39, 0.29) is 5.92 Å². The first-order chi connectivity index (χ1) is 10.7.